The molecule has 1 saturated carbocycles. The predicted molar refractivity (Wildman–Crippen MR) is 98.6 cm³/mol. The van der Waals surface area contributed by atoms with Crippen LogP contribution in [0.15, 0.2) is 18.3 Å². The van der Waals surface area contributed by atoms with E-state index in [0.717, 1.165) is 36.5 Å². The van der Waals surface area contributed by atoms with Crippen LogP contribution in [0.3, 0.4) is 0 Å². The molecule has 7 nitrogen and oxygen atoms in total. The van der Waals surface area contributed by atoms with E-state index in [1.807, 2.05) is 24.6 Å². The summed E-state index contributed by atoms with van der Waals surface area (Å²) in [4.78, 5) is 16.9. The van der Waals surface area contributed by atoms with E-state index in [1.165, 1.54) is 0 Å². The minimum absolute atomic E-state index is 0.0210. The van der Waals surface area contributed by atoms with Crippen molar-refractivity contribution in [3.05, 3.63) is 46.7 Å². The number of carbonyl (C=O) groups is 1. The van der Waals surface area contributed by atoms with Crippen molar-refractivity contribution in [1.29, 1.82) is 0 Å². The highest BCUT2D eigenvalue weighted by Crippen LogP contribution is 2.41. The van der Waals surface area contributed by atoms with Gasteiger partial charge in [0.05, 0.1) is 11.9 Å². The molecule has 0 radical (unpaired) electrons. The largest absolute Gasteiger partial charge is 0.433 e. The van der Waals surface area contributed by atoms with Crippen LogP contribution in [0, 0.1) is 13.8 Å². The average Bonchev–Trinajstić information content (AvgIpc) is 3.33. The summed E-state index contributed by atoms with van der Waals surface area (Å²) in [5.74, 6) is -0.463. The van der Waals surface area contributed by atoms with Crippen molar-refractivity contribution in [1.82, 2.24) is 29.7 Å². The Morgan fingerprint density at radius 3 is 2.66 bits per heavy atom. The SMILES string of the molecule is Cc1cc(C)n(CCCNC(=O)c2cnn3c(C(F)(F)F)cc(C4CC4)nc23)n1. The maximum atomic E-state index is 13.4. The summed E-state index contributed by atoms with van der Waals surface area (Å²) in [6, 6.07) is 3.01. The zero-order chi connectivity index (χ0) is 20.8. The van der Waals surface area contributed by atoms with Gasteiger partial charge >= 0.3 is 6.18 Å². The van der Waals surface area contributed by atoms with Gasteiger partial charge in [0.2, 0.25) is 0 Å². The number of hydrogen-bond acceptors (Lipinski definition) is 4. The van der Waals surface area contributed by atoms with E-state index in [2.05, 4.69) is 20.5 Å². The third-order valence-electron chi connectivity index (χ3n) is 4.96. The molecule has 0 spiro atoms. The van der Waals surface area contributed by atoms with Crippen molar-refractivity contribution >= 4 is 11.6 Å². The van der Waals surface area contributed by atoms with E-state index in [0.29, 0.717) is 29.7 Å². The molecule has 4 rings (SSSR count). The lowest BCUT2D eigenvalue weighted by Gasteiger charge is -2.11. The van der Waals surface area contributed by atoms with Crippen LogP contribution < -0.4 is 5.32 Å². The number of nitrogens with one attached hydrogen (secondary N) is 1. The van der Waals surface area contributed by atoms with E-state index in [-0.39, 0.29) is 17.1 Å². The van der Waals surface area contributed by atoms with Crippen LogP contribution in [0.25, 0.3) is 5.65 Å². The van der Waals surface area contributed by atoms with Gasteiger partial charge in [-0.2, -0.15) is 23.4 Å². The number of aryl methyl sites for hydroxylation is 3. The molecule has 0 unspecified atom stereocenters. The zero-order valence-electron chi connectivity index (χ0n) is 16.1. The molecule has 1 aliphatic rings. The first-order valence-electron chi connectivity index (χ1n) is 9.49. The van der Waals surface area contributed by atoms with Gasteiger partial charge in [-0.05, 0) is 45.2 Å². The molecule has 0 atom stereocenters. The Morgan fingerprint density at radius 2 is 2.03 bits per heavy atom. The summed E-state index contributed by atoms with van der Waals surface area (Å²) in [6.07, 6.45) is -1.18. The van der Waals surface area contributed by atoms with Gasteiger partial charge in [0.15, 0.2) is 5.65 Å². The van der Waals surface area contributed by atoms with Crippen LogP contribution in [0.1, 0.15) is 58.3 Å². The van der Waals surface area contributed by atoms with Gasteiger partial charge in [0, 0.05) is 30.4 Å². The Hall–Kier alpha value is -2.91. The molecule has 1 fully saturated rings. The normalized spacial score (nSPS) is 14.5. The monoisotopic (exact) mass is 406 g/mol. The molecule has 0 aromatic carbocycles. The third-order valence-corrected chi connectivity index (χ3v) is 4.96. The lowest BCUT2D eigenvalue weighted by Crippen LogP contribution is -2.25. The first-order valence-corrected chi connectivity index (χ1v) is 9.49. The topological polar surface area (TPSA) is 77.1 Å². The maximum absolute atomic E-state index is 13.4. The zero-order valence-corrected chi connectivity index (χ0v) is 16.1. The van der Waals surface area contributed by atoms with Crippen molar-refractivity contribution in [2.75, 3.05) is 6.54 Å². The van der Waals surface area contributed by atoms with E-state index >= 15 is 0 Å². The summed E-state index contributed by atoms with van der Waals surface area (Å²) in [5, 5.41) is 10.9. The molecule has 0 aliphatic heterocycles. The predicted octanol–water partition coefficient (Wildman–Crippen LogP) is 3.26. The second-order valence-electron chi connectivity index (χ2n) is 7.39. The van der Waals surface area contributed by atoms with Gasteiger partial charge in [-0.1, -0.05) is 0 Å². The molecule has 1 N–H and O–H groups in total. The fourth-order valence-electron chi connectivity index (χ4n) is 3.36. The van der Waals surface area contributed by atoms with E-state index < -0.39 is 17.8 Å². The number of nitrogens with zero attached hydrogens (tertiary/aromatic N) is 5. The summed E-state index contributed by atoms with van der Waals surface area (Å²) in [5.41, 5.74) is 1.41. The molecule has 3 aromatic heterocycles. The number of aromatic nitrogens is 5. The molecule has 10 heteroatoms. The van der Waals surface area contributed by atoms with E-state index in [1.54, 1.807) is 0 Å². The summed E-state index contributed by atoms with van der Waals surface area (Å²) in [6.45, 7) is 4.87. The minimum atomic E-state index is -4.58. The quantitative estimate of drug-likeness (QED) is 0.638. The highest BCUT2D eigenvalue weighted by atomic mass is 19.4. The van der Waals surface area contributed by atoms with Gasteiger partial charge in [-0.25, -0.2) is 9.50 Å². The maximum Gasteiger partial charge on any atom is 0.433 e. The van der Waals surface area contributed by atoms with Crippen LogP contribution in [-0.4, -0.2) is 36.8 Å². The molecule has 29 heavy (non-hydrogen) atoms. The Bertz CT molecular complexity index is 1060. The molecule has 0 bridgehead atoms. The molecule has 3 aromatic rings. The van der Waals surface area contributed by atoms with Crippen molar-refractivity contribution in [3.63, 3.8) is 0 Å². The summed E-state index contributed by atoms with van der Waals surface area (Å²) >= 11 is 0. The van der Waals surface area contributed by atoms with Gasteiger partial charge in [0.25, 0.3) is 5.91 Å². The van der Waals surface area contributed by atoms with Gasteiger partial charge in [-0.3, -0.25) is 9.48 Å². The third kappa shape index (κ3) is 3.96. The van der Waals surface area contributed by atoms with Crippen molar-refractivity contribution in [2.24, 2.45) is 0 Å². The van der Waals surface area contributed by atoms with Gasteiger partial charge in [-0.15, -0.1) is 0 Å². The fourth-order valence-corrected chi connectivity index (χ4v) is 3.36. The van der Waals surface area contributed by atoms with Crippen molar-refractivity contribution in [3.8, 4) is 0 Å². The van der Waals surface area contributed by atoms with Crippen LogP contribution in [0.4, 0.5) is 13.2 Å². The fraction of sp³-hybridized carbons (Fsp3) is 0.474. The summed E-state index contributed by atoms with van der Waals surface area (Å²) in [7, 11) is 0. The lowest BCUT2D eigenvalue weighted by molar-refractivity contribution is -0.142. The highest BCUT2D eigenvalue weighted by molar-refractivity contribution is 5.99. The first-order chi connectivity index (χ1) is 13.7. The van der Waals surface area contributed by atoms with Crippen molar-refractivity contribution in [2.45, 2.75) is 51.7 Å². The molecule has 154 valence electrons. The number of rotatable bonds is 6. The number of fused-ring (bicyclic) bond motifs is 1. The van der Waals surface area contributed by atoms with Gasteiger partial charge < -0.3 is 5.32 Å². The number of halogens is 3. The van der Waals surface area contributed by atoms with Gasteiger partial charge in [0.1, 0.15) is 11.3 Å². The molecular weight excluding hydrogens is 385 g/mol. The van der Waals surface area contributed by atoms with Crippen LogP contribution in [0.5, 0.6) is 0 Å². The number of hydrogen-bond donors (Lipinski definition) is 1. The van der Waals surface area contributed by atoms with Crippen LogP contribution in [-0.2, 0) is 12.7 Å². The number of carbonyl (C=O) groups excluding carboxylic acids is 1. The lowest BCUT2D eigenvalue weighted by atomic mass is 10.2. The smallest absolute Gasteiger partial charge is 0.352 e. The van der Waals surface area contributed by atoms with E-state index in [9.17, 15) is 18.0 Å². The van der Waals surface area contributed by atoms with Crippen LogP contribution in [0.2, 0.25) is 0 Å². The molecule has 3 heterocycles. The first kappa shape index (κ1) is 19.4. The highest BCUT2D eigenvalue weighted by Gasteiger charge is 2.37. The Balaban J connectivity index is 1.50. The van der Waals surface area contributed by atoms with Crippen LogP contribution >= 0.6 is 0 Å². The van der Waals surface area contributed by atoms with E-state index in [4.69, 9.17) is 0 Å². The van der Waals surface area contributed by atoms with Crippen molar-refractivity contribution < 1.29 is 18.0 Å². The average molecular weight is 406 g/mol. The molecule has 1 amide bonds. The number of amides is 1. The Labute approximate surface area is 164 Å². The molecular formula is C19H21F3N6O. The Morgan fingerprint density at radius 1 is 1.28 bits per heavy atom. The summed E-state index contributed by atoms with van der Waals surface area (Å²) < 4.78 is 42.9. The minimum Gasteiger partial charge on any atom is -0.352 e. The standard InChI is InChI=1S/C19H21F3N6O/c1-11-8-12(2)27(26-11)7-3-6-23-18(29)14-10-24-28-16(19(20,21)22)9-15(13-4-5-13)25-17(14)28/h8-10,13H,3-7H2,1-2H3,(H,23,29). The molecule has 0 saturated heterocycles. The second kappa shape index (κ2) is 7.16. The second-order valence-corrected chi connectivity index (χ2v) is 7.39. The molecule has 1 aliphatic carbocycles. The number of alkyl halides is 3. The Kier molecular flexibility index (Phi) is 4.79.